The average Bonchev–Trinajstić information content (AvgIpc) is 2.87. The molecule has 1 heteroatoms. The second-order valence-corrected chi connectivity index (χ2v) is 11.1. The van der Waals surface area contributed by atoms with Crippen LogP contribution in [0.4, 0.5) is 0 Å². The van der Waals surface area contributed by atoms with Crippen LogP contribution in [0.5, 0.6) is 0 Å². The van der Waals surface area contributed by atoms with E-state index in [9.17, 15) is 0 Å². The van der Waals surface area contributed by atoms with Crippen LogP contribution in [0, 0.1) is 0 Å². The molecule has 1 aliphatic rings. The zero-order chi connectivity index (χ0) is 21.2. The van der Waals surface area contributed by atoms with Crippen LogP contribution in [0.1, 0.15) is 77.6 Å². The highest BCUT2D eigenvalue weighted by molar-refractivity contribution is 5.83. The van der Waals surface area contributed by atoms with Gasteiger partial charge in [-0.25, -0.2) is 0 Å². The van der Waals surface area contributed by atoms with Gasteiger partial charge in [0.15, 0.2) is 0 Å². The Morgan fingerprint density at radius 2 is 1.21 bits per heavy atom. The Morgan fingerprint density at radius 1 is 0.655 bits per heavy atom. The molecule has 1 nitrogen and oxygen atoms in total. The summed E-state index contributed by atoms with van der Waals surface area (Å²) in [7, 11) is 0. The predicted octanol–water partition coefficient (Wildman–Crippen LogP) is 7.65. The van der Waals surface area contributed by atoms with E-state index in [0.717, 1.165) is 5.69 Å². The summed E-state index contributed by atoms with van der Waals surface area (Å²) in [5, 5.41) is 0. The molecule has 0 amide bonds. The van der Waals surface area contributed by atoms with E-state index in [1.165, 1.54) is 38.9 Å². The highest BCUT2D eigenvalue weighted by Crippen LogP contribution is 2.50. The lowest BCUT2D eigenvalue weighted by Gasteiger charge is -2.25. The molecule has 0 N–H and O–H groups in total. The molecular formula is C28H33N. The molecule has 2 aromatic carbocycles. The Balaban J connectivity index is 1.79. The van der Waals surface area contributed by atoms with Crippen LogP contribution >= 0.6 is 0 Å². The van der Waals surface area contributed by atoms with Crippen LogP contribution in [-0.4, -0.2) is 4.98 Å². The van der Waals surface area contributed by atoms with Crippen molar-refractivity contribution in [2.24, 2.45) is 0 Å². The summed E-state index contributed by atoms with van der Waals surface area (Å²) in [4.78, 5) is 4.78. The number of aromatic nitrogens is 1. The quantitative estimate of drug-likeness (QED) is 0.420. The largest absolute Gasteiger partial charge is 0.256 e. The minimum atomic E-state index is -0.00666. The Labute approximate surface area is 176 Å². The van der Waals surface area contributed by atoms with Gasteiger partial charge < -0.3 is 0 Å². The van der Waals surface area contributed by atoms with Crippen molar-refractivity contribution in [2.45, 2.75) is 71.6 Å². The molecule has 1 aliphatic carbocycles. The molecule has 0 unspecified atom stereocenters. The summed E-state index contributed by atoms with van der Waals surface area (Å²) in [5.41, 5.74) is 10.8. The van der Waals surface area contributed by atoms with E-state index in [1.54, 1.807) is 0 Å². The summed E-state index contributed by atoms with van der Waals surface area (Å²) >= 11 is 0. The summed E-state index contributed by atoms with van der Waals surface area (Å²) in [5.74, 6) is 0. The lowest BCUT2D eigenvalue weighted by molar-refractivity contribution is 0.584. The van der Waals surface area contributed by atoms with E-state index < -0.39 is 0 Å². The van der Waals surface area contributed by atoms with Gasteiger partial charge in [-0.05, 0) is 56.3 Å². The molecule has 1 heterocycles. The molecule has 0 fully saturated rings. The predicted molar refractivity (Wildman–Crippen MR) is 125 cm³/mol. The zero-order valence-electron chi connectivity index (χ0n) is 19.1. The molecule has 1 aromatic heterocycles. The van der Waals surface area contributed by atoms with E-state index >= 15 is 0 Å². The maximum atomic E-state index is 4.78. The highest BCUT2D eigenvalue weighted by atomic mass is 14.7. The number of benzene rings is 2. The van der Waals surface area contributed by atoms with Gasteiger partial charge in [-0.2, -0.15) is 0 Å². The van der Waals surface area contributed by atoms with Crippen LogP contribution in [0.2, 0.25) is 0 Å². The van der Waals surface area contributed by atoms with E-state index in [4.69, 9.17) is 4.98 Å². The summed E-state index contributed by atoms with van der Waals surface area (Å²) in [6, 6.07) is 18.3. The molecule has 0 atom stereocenters. The Bertz CT molecular complexity index is 1070. The molecular weight excluding hydrogens is 350 g/mol. The van der Waals surface area contributed by atoms with E-state index in [0.29, 0.717) is 0 Å². The highest BCUT2D eigenvalue weighted by Gasteiger charge is 2.36. The maximum Gasteiger partial charge on any atom is 0.0702 e. The van der Waals surface area contributed by atoms with Crippen LogP contribution in [0.25, 0.3) is 22.4 Å². The molecule has 0 saturated heterocycles. The Morgan fingerprint density at radius 3 is 1.76 bits per heavy atom. The third kappa shape index (κ3) is 3.31. The Kier molecular flexibility index (Phi) is 4.31. The fraction of sp³-hybridized carbons (Fsp3) is 0.393. The second kappa shape index (κ2) is 6.29. The van der Waals surface area contributed by atoms with Gasteiger partial charge in [0, 0.05) is 17.2 Å². The molecule has 150 valence electrons. The molecule has 0 spiro atoms. The number of fused-ring (bicyclic) bond motifs is 3. The minimum absolute atomic E-state index is 0.00666. The lowest BCUT2D eigenvalue weighted by atomic mass is 9.78. The number of rotatable bonds is 1. The van der Waals surface area contributed by atoms with Gasteiger partial charge in [0.1, 0.15) is 0 Å². The lowest BCUT2D eigenvalue weighted by Crippen LogP contribution is -2.17. The molecule has 0 saturated carbocycles. The third-order valence-corrected chi connectivity index (χ3v) is 6.47. The van der Waals surface area contributed by atoms with Crippen molar-refractivity contribution in [3.05, 3.63) is 77.0 Å². The van der Waals surface area contributed by atoms with Crippen LogP contribution in [0.15, 0.2) is 54.7 Å². The van der Waals surface area contributed by atoms with Crippen molar-refractivity contribution < 1.29 is 0 Å². The Hall–Kier alpha value is -2.41. The van der Waals surface area contributed by atoms with E-state index in [2.05, 4.69) is 104 Å². The summed E-state index contributed by atoms with van der Waals surface area (Å²) in [6.07, 6.45) is 2.03. The first kappa shape index (κ1) is 19.9. The molecule has 4 rings (SSSR count). The van der Waals surface area contributed by atoms with Crippen LogP contribution < -0.4 is 0 Å². The third-order valence-electron chi connectivity index (χ3n) is 6.47. The fourth-order valence-electron chi connectivity index (χ4n) is 4.37. The number of hydrogen-bond acceptors (Lipinski definition) is 1. The zero-order valence-corrected chi connectivity index (χ0v) is 19.1. The van der Waals surface area contributed by atoms with Crippen LogP contribution in [-0.2, 0) is 16.2 Å². The molecule has 29 heavy (non-hydrogen) atoms. The minimum Gasteiger partial charge on any atom is -0.256 e. The summed E-state index contributed by atoms with van der Waals surface area (Å²) < 4.78 is 0. The van der Waals surface area contributed by atoms with Gasteiger partial charge in [0.2, 0.25) is 0 Å². The van der Waals surface area contributed by atoms with Crippen molar-refractivity contribution >= 4 is 0 Å². The summed E-state index contributed by atoms with van der Waals surface area (Å²) in [6.45, 7) is 18.2. The van der Waals surface area contributed by atoms with Crippen molar-refractivity contribution in [2.75, 3.05) is 0 Å². The standard InChI is InChI=1S/C28H33N/c1-26(2,3)19-10-13-22-21-12-9-18(15-23(21)28(7,8)24(22)16-19)25-14-11-20(17-29-25)27(4,5)6/h9-17H,1-8H3. The van der Waals surface area contributed by atoms with Gasteiger partial charge in [0.05, 0.1) is 5.69 Å². The van der Waals surface area contributed by atoms with Crippen molar-refractivity contribution in [1.82, 2.24) is 4.98 Å². The first-order valence-corrected chi connectivity index (χ1v) is 10.7. The van der Waals surface area contributed by atoms with Gasteiger partial charge in [-0.1, -0.05) is 91.8 Å². The first-order chi connectivity index (χ1) is 13.4. The maximum absolute atomic E-state index is 4.78. The number of nitrogens with zero attached hydrogens (tertiary/aromatic N) is 1. The van der Waals surface area contributed by atoms with E-state index in [1.807, 2.05) is 6.20 Å². The molecule has 0 radical (unpaired) electrons. The van der Waals surface area contributed by atoms with Gasteiger partial charge >= 0.3 is 0 Å². The van der Waals surface area contributed by atoms with Crippen molar-refractivity contribution in [3.8, 4) is 22.4 Å². The number of hydrogen-bond donors (Lipinski definition) is 0. The average molecular weight is 384 g/mol. The van der Waals surface area contributed by atoms with Crippen molar-refractivity contribution in [3.63, 3.8) is 0 Å². The SMILES string of the molecule is CC(C)(C)c1ccc(-c2ccc3c(c2)C(C)(C)c2cc(C(C)(C)C)ccc2-3)nc1. The van der Waals surface area contributed by atoms with Crippen molar-refractivity contribution in [1.29, 1.82) is 0 Å². The van der Waals surface area contributed by atoms with Gasteiger partial charge in [-0.15, -0.1) is 0 Å². The normalized spacial score (nSPS) is 15.2. The number of pyridine rings is 1. The molecule has 3 aromatic rings. The van der Waals surface area contributed by atoms with Gasteiger partial charge in [-0.3, -0.25) is 4.98 Å². The first-order valence-electron chi connectivity index (χ1n) is 10.7. The topological polar surface area (TPSA) is 12.9 Å². The smallest absolute Gasteiger partial charge is 0.0702 e. The fourth-order valence-corrected chi connectivity index (χ4v) is 4.37. The van der Waals surface area contributed by atoms with E-state index in [-0.39, 0.29) is 16.2 Å². The van der Waals surface area contributed by atoms with Gasteiger partial charge in [0.25, 0.3) is 0 Å². The van der Waals surface area contributed by atoms with Crippen LogP contribution in [0.3, 0.4) is 0 Å². The molecule has 0 bridgehead atoms. The molecule has 0 aliphatic heterocycles. The second-order valence-electron chi connectivity index (χ2n) is 11.1. The monoisotopic (exact) mass is 383 g/mol.